The van der Waals surface area contributed by atoms with E-state index in [0.717, 1.165) is 0 Å². The van der Waals surface area contributed by atoms with Gasteiger partial charge >= 0.3 is 0 Å². The van der Waals surface area contributed by atoms with Gasteiger partial charge in [0, 0.05) is 5.56 Å². The van der Waals surface area contributed by atoms with Crippen LogP contribution < -0.4 is 16.2 Å². The first-order valence-corrected chi connectivity index (χ1v) is 8.60. The minimum absolute atomic E-state index is 0. The van der Waals surface area contributed by atoms with Crippen molar-refractivity contribution < 1.29 is 14.0 Å². The second kappa shape index (κ2) is 8.06. The summed E-state index contributed by atoms with van der Waals surface area (Å²) in [6, 6.07) is 10.7. The Labute approximate surface area is 164 Å². The van der Waals surface area contributed by atoms with Gasteiger partial charge in [-0.25, -0.2) is 9.40 Å². The fourth-order valence-electron chi connectivity index (χ4n) is 3.08. The number of rotatable bonds is 3. The molecule has 3 rings (SSSR count). The maximum Gasteiger partial charge on any atom is 0.256 e. The minimum Gasteiger partial charge on any atom is -0.320 e. The summed E-state index contributed by atoms with van der Waals surface area (Å²) < 4.78 is 13.9. The summed E-state index contributed by atoms with van der Waals surface area (Å²) in [6.45, 7) is 5.42. The topological polar surface area (TPSA) is 75.4 Å². The van der Waals surface area contributed by atoms with Crippen molar-refractivity contribution in [2.75, 3.05) is 5.01 Å². The highest BCUT2D eigenvalue weighted by Gasteiger charge is 2.33. The van der Waals surface area contributed by atoms with Gasteiger partial charge in [-0.2, -0.15) is 0 Å². The Hall–Kier alpha value is -2.44. The summed E-state index contributed by atoms with van der Waals surface area (Å²) in [5, 5.41) is 1.24. The van der Waals surface area contributed by atoms with Gasteiger partial charge in [0.25, 0.3) is 11.8 Å². The molecular formula is C20H23ClFN3O2. The maximum absolute atomic E-state index is 13.9. The van der Waals surface area contributed by atoms with E-state index >= 15 is 0 Å². The van der Waals surface area contributed by atoms with Crippen LogP contribution in [0.1, 0.15) is 32.3 Å². The summed E-state index contributed by atoms with van der Waals surface area (Å²) >= 11 is 0. The maximum atomic E-state index is 13.9. The van der Waals surface area contributed by atoms with E-state index in [-0.39, 0.29) is 30.0 Å². The number of nitrogens with zero attached hydrogens (tertiary/aromatic N) is 1. The molecule has 2 amide bonds. The average molecular weight is 392 g/mol. The molecule has 7 heteroatoms. The fourth-order valence-corrected chi connectivity index (χ4v) is 3.08. The number of anilines is 1. The molecule has 2 atom stereocenters. The summed E-state index contributed by atoms with van der Waals surface area (Å²) in [5.41, 5.74) is 11.1. The van der Waals surface area contributed by atoms with Gasteiger partial charge in [-0.15, -0.1) is 12.4 Å². The molecule has 144 valence electrons. The van der Waals surface area contributed by atoms with Crippen LogP contribution in [0.5, 0.6) is 0 Å². The Kier molecular flexibility index (Phi) is 6.23. The van der Waals surface area contributed by atoms with Crippen molar-refractivity contribution in [3.8, 4) is 11.1 Å². The SMILES string of the molecule is CC1C(=O)N(NC(=O)[C@@H](N)C(C)C)c2ccccc2-c2cc(F)ccc21.Cl. The number of nitrogens with two attached hydrogens (primary N) is 1. The van der Waals surface area contributed by atoms with Crippen LogP contribution in [0.15, 0.2) is 42.5 Å². The summed E-state index contributed by atoms with van der Waals surface area (Å²) in [4.78, 5) is 25.5. The lowest BCUT2D eigenvalue weighted by molar-refractivity contribution is -0.127. The van der Waals surface area contributed by atoms with Gasteiger partial charge in [0.15, 0.2) is 0 Å². The molecule has 0 saturated heterocycles. The zero-order chi connectivity index (χ0) is 19.0. The molecule has 2 aromatic rings. The number of halogens is 2. The van der Waals surface area contributed by atoms with Crippen LogP contribution in [0.2, 0.25) is 0 Å². The lowest BCUT2D eigenvalue weighted by atomic mass is 9.92. The van der Waals surface area contributed by atoms with Gasteiger partial charge < -0.3 is 5.73 Å². The zero-order valence-electron chi connectivity index (χ0n) is 15.4. The third-order valence-electron chi connectivity index (χ3n) is 4.75. The molecule has 2 aromatic carbocycles. The number of nitrogens with one attached hydrogen (secondary N) is 1. The van der Waals surface area contributed by atoms with Crippen LogP contribution in [0.3, 0.4) is 0 Å². The molecule has 0 saturated carbocycles. The summed E-state index contributed by atoms with van der Waals surface area (Å²) in [7, 11) is 0. The Morgan fingerprint density at radius 2 is 1.85 bits per heavy atom. The highest BCUT2D eigenvalue weighted by Crippen LogP contribution is 2.40. The molecule has 0 fully saturated rings. The number of amides is 2. The molecule has 1 aliphatic rings. The minimum atomic E-state index is -0.742. The average Bonchev–Trinajstić information content (AvgIpc) is 2.71. The van der Waals surface area contributed by atoms with Crippen LogP contribution in [0.4, 0.5) is 10.1 Å². The molecule has 0 radical (unpaired) electrons. The number of hydrazine groups is 1. The van der Waals surface area contributed by atoms with E-state index in [1.165, 1.54) is 17.1 Å². The van der Waals surface area contributed by atoms with Crippen molar-refractivity contribution in [2.45, 2.75) is 32.7 Å². The van der Waals surface area contributed by atoms with Gasteiger partial charge in [-0.1, -0.05) is 38.1 Å². The number of benzene rings is 2. The summed E-state index contributed by atoms with van der Waals surface area (Å²) in [6.07, 6.45) is 0. The molecule has 27 heavy (non-hydrogen) atoms. The number of fused-ring (bicyclic) bond motifs is 3. The first-order chi connectivity index (χ1) is 12.3. The molecular weight excluding hydrogens is 369 g/mol. The van der Waals surface area contributed by atoms with Crippen molar-refractivity contribution in [2.24, 2.45) is 11.7 Å². The third kappa shape index (κ3) is 3.82. The monoisotopic (exact) mass is 391 g/mol. The zero-order valence-corrected chi connectivity index (χ0v) is 16.2. The lowest BCUT2D eigenvalue weighted by Gasteiger charge is -2.27. The quantitative estimate of drug-likeness (QED) is 0.842. The third-order valence-corrected chi connectivity index (χ3v) is 4.75. The van der Waals surface area contributed by atoms with Gasteiger partial charge in [-0.05, 0) is 42.2 Å². The van der Waals surface area contributed by atoms with Crippen LogP contribution in [-0.2, 0) is 9.59 Å². The molecule has 0 bridgehead atoms. The van der Waals surface area contributed by atoms with Crippen molar-refractivity contribution in [1.29, 1.82) is 0 Å². The predicted octanol–water partition coefficient (Wildman–Crippen LogP) is 3.38. The highest BCUT2D eigenvalue weighted by atomic mass is 35.5. The second-order valence-electron chi connectivity index (χ2n) is 6.89. The molecule has 0 aromatic heterocycles. The number of para-hydroxylation sites is 1. The molecule has 1 aliphatic heterocycles. The largest absolute Gasteiger partial charge is 0.320 e. The van der Waals surface area contributed by atoms with Crippen LogP contribution in [0.25, 0.3) is 11.1 Å². The molecule has 3 N–H and O–H groups in total. The van der Waals surface area contributed by atoms with Crippen molar-refractivity contribution >= 4 is 29.9 Å². The second-order valence-corrected chi connectivity index (χ2v) is 6.89. The molecule has 0 spiro atoms. The molecule has 5 nitrogen and oxygen atoms in total. The molecule has 0 aliphatic carbocycles. The van der Waals surface area contributed by atoms with E-state index in [2.05, 4.69) is 5.43 Å². The van der Waals surface area contributed by atoms with Crippen LogP contribution in [-0.4, -0.2) is 17.9 Å². The smallest absolute Gasteiger partial charge is 0.256 e. The van der Waals surface area contributed by atoms with E-state index < -0.39 is 17.9 Å². The summed E-state index contributed by atoms with van der Waals surface area (Å²) in [5.74, 6) is -1.73. The Morgan fingerprint density at radius 3 is 2.52 bits per heavy atom. The van der Waals surface area contributed by atoms with Gasteiger partial charge in [-0.3, -0.25) is 15.0 Å². The molecule has 1 heterocycles. The van der Waals surface area contributed by atoms with Gasteiger partial charge in [0.05, 0.1) is 17.6 Å². The first kappa shape index (κ1) is 20.9. The highest BCUT2D eigenvalue weighted by molar-refractivity contribution is 6.06. The van der Waals surface area contributed by atoms with E-state index in [9.17, 15) is 14.0 Å². The fraction of sp³-hybridized carbons (Fsp3) is 0.300. The number of hydrogen-bond donors (Lipinski definition) is 2. The predicted molar refractivity (Wildman–Crippen MR) is 106 cm³/mol. The van der Waals surface area contributed by atoms with Crippen molar-refractivity contribution in [3.63, 3.8) is 0 Å². The number of carbonyl (C=O) groups excluding carboxylic acids is 2. The van der Waals surface area contributed by atoms with Crippen LogP contribution in [0, 0.1) is 11.7 Å². The van der Waals surface area contributed by atoms with Crippen LogP contribution >= 0.6 is 12.4 Å². The van der Waals surface area contributed by atoms with E-state index in [1.54, 1.807) is 31.2 Å². The Bertz CT molecular complexity index is 872. The number of hydrogen-bond acceptors (Lipinski definition) is 3. The Balaban J connectivity index is 0.00000261. The van der Waals surface area contributed by atoms with Gasteiger partial charge in [0.1, 0.15) is 5.82 Å². The molecule has 1 unspecified atom stereocenters. The normalized spacial score (nSPS) is 16.7. The van der Waals surface area contributed by atoms with E-state index in [1.807, 2.05) is 19.9 Å². The van der Waals surface area contributed by atoms with Gasteiger partial charge in [0.2, 0.25) is 0 Å². The van der Waals surface area contributed by atoms with Crippen molar-refractivity contribution in [3.05, 3.63) is 53.8 Å². The van der Waals surface area contributed by atoms with E-state index in [0.29, 0.717) is 22.4 Å². The lowest BCUT2D eigenvalue weighted by Crippen LogP contribution is -2.54. The van der Waals surface area contributed by atoms with Crippen molar-refractivity contribution in [1.82, 2.24) is 5.43 Å². The Morgan fingerprint density at radius 1 is 1.19 bits per heavy atom. The number of carbonyl (C=O) groups is 2. The van der Waals surface area contributed by atoms with E-state index in [4.69, 9.17) is 5.73 Å². The first-order valence-electron chi connectivity index (χ1n) is 8.60. The standard InChI is InChI=1S/C20H22FN3O2.ClH/c1-11(2)18(22)19(25)23-24-17-7-5-4-6-15(17)16-10-13(21)8-9-14(16)12(3)20(24)26;/h4-12,18H,22H2,1-3H3,(H,23,25);1H/t12?,18-;/m0./s1.